The molecule has 0 saturated heterocycles. The molecular formula is C13H10N2S. The summed E-state index contributed by atoms with van der Waals surface area (Å²) in [5.74, 6) is 0.912. The van der Waals surface area contributed by atoms with Crippen LogP contribution in [0, 0.1) is 0 Å². The van der Waals surface area contributed by atoms with E-state index in [4.69, 9.17) is 12.2 Å². The van der Waals surface area contributed by atoms with Gasteiger partial charge in [0.25, 0.3) is 0 Å². The molecule has 1 aliphatic heterocycles. The lowest BCUT2D eigenvalue weighted by Gasteiger charge is -2.07. The zero-order valence-corrected chi connectivity index (χ0v) is 9.42. The normalized spacial score (nSPS) is 13.4. The van der Waals surface area contributed by atoms with Gasteiger partial charge in [0.2, 0.25) is 0 Å². The average molecular weight is 226 g/mol. The zero-order chi connectivity index (χ0) is 11.0. The molecule has 3 rings (SSSR count). The van der Waals surface area contributed by atoms with E-state index in [9.17, 15) is 0 Å². The van der Waals surface area contributed by atoms with Crippen LogP contribution < -0.4 is 5.32 Å². The zero-order valence-electron chi connectivity index (χ0n) is 8.60. The fourth-order valence-corrected chi connectivity index (χ4v) is 2.26. The van der Waals surface area contributed by atoms with Crippen molar-refractivity contribution in [3.8, 4) is 0 Å². The minimum Gasteiger partial charge on any atom is -0.339 e. The minimum atomic E-state index is 0.780. The summed E-state index contributed by atoms with van der Waals surface area (Å²) in [7, 11) is 0. The van der Waals surface area contributed by atoms with Gasteiger partial charge in [-0.1, -0.05) is 36.5 Å². The number of hydrogen-bond acceptors (Lipinski definition) is 3. The molecule has 78 valence electrons. The van der Waals surface area contributed by atoms with E-state index in [1.807, 2.05) is 24.3 Å². The van der Waals surface area contributed by atoms with Crippen LogP contribution in [0.15, 0.2) is 42.6 Å². The van der Waals surface area contributed by atoms with Crippen LogP contribution >= 0.6 is 12.2 Å². The first kappa shape index (κ1) is 9.48. The van der Waals surface area contributed by atoms with Crippen LogP contribution in [-0.4, -0.2) is 9.85 Å². The van der Waals surface area contributed by atoms with Crippen molar-refractivity contribution in [2.24, 2.45) is 0 Å². The third kappa shape index (κ3) is 1.49. The second-order valence-corrected chi connectivity index (χ2v) is 4.27. The number of fused-ring (bicyclic) bond motifs is 2. The van der Waals surface area contributed by atoms with Crippen LogP contribution in [0.25, 0.3) is 0 Å². The summed E-state index contributed by atoms with van der Waals surface area (Å²) in [5.41, 5.74) is 3.31. The standard InChI is InChI=1S/C13H10N2S/c16-12-8-9-4-3-7-14-13(9)15-11-6-2-1-5-10(11)12/h1-7H,8H2,(H,14,15). The molecule has 2 heterocycles. The van der Waals surface area contributed by atoms with Crippen LogP contribution in [0.1, 0.15) is 11.1 Å². The van der Waals surface area contributed by atoms with Gasteiger partial charge in [0, 0.05) is 34.3 Å². The van der Waals surface area contributed by atoms with Crippen molar-refractivity contribution in [1.29, 1.82) is 0 Å². The van der Waals surface area contributed by atoms with Crippen molar-refractivity contribution in [2.45, 2.75) is 6.42 Å². The molecule has 1 aromatic carbocycles. The quantitative estimate of drug-likeness (QED) is 0.699. The largest absolute Gasteiger partial charge is 0.339 e. The highest BCUT2D eigenvalue weighted by Crippen LogP contribution is 2.28. The van der Waals surface area contributed by atoms with E-state index in [-0.39, 0.29) is 0 Å². The van der Waals surface area contributed by atoms with Crippen LogP contribution in [0.4, 0.5) is 11.5 Å². The van der Waals surface area contributed by atoms with E-state index in [0.29, 0.717) is 0 Å². The lowest BCUT2D eigenvalue weighted by atomic mass is 10.1. The Bertz CT molecular complexity index is 563. The molecule has 0 atom stereocenters. The molecule has 0 fully saturated rings. The topological polar surface area (TPSA) is 24.9 Å². The summed E-state index contributed by atoms with van der Waals surface area (Å²) in [6.45, 7) is 0. The van der Waals surface area contributed by atoms with E-state index >= 15 is 0 Å². The summed E-state index contributed by atoms with van der Waals surface area (Å²) < 4.78 is 0. The first-order valence-corrected chi connectivity index (χ1v) is 5.58. The number of anilines is 2. The highest BCUT2D eigenvalue weighted by Gasteiger charge is 2.16. The van der Waals surface area contributed by atoms with Crippen LogP contribution in [0.3, 0.4) is 0 Å². The molecular weight excluding hydrogens is 216 g/mol. The maximum Gasteiger partial charge on any atom is 0.133 e. The van der Waals surface area contributed by atoms with Crippen LogP contribution in [0.5, 0.6) is 0 Å². The van der Waals surface area contributed by atoms with E-state index < -0.39 is 0 Å². The number of para-hydroxylation sites is 1. The highest BCUT2D eigenvalue weighted by atomic mass is 32.1. The van der Waals surface area contributed by atoms with Gasteiger partial charge in [0.1, 0.15) is 5.82 Å². The van der Waals surface area contributed by atoms with Crippen LogP contribution in [-0.2, 0) is 6.42 Å². The predicted octanol–water partition coefficient (Wildman–Crippen LogP) is 3.10. The number of thiocarbonyl (C=S) groups is 1. The van der Waals surface area contributed by atoms with Gasteiger partial charge in [-0.3, -0.25) is 0 Å². The molecule has 0 amide bonds. The average Bonchev–Trinajstić information content (AvgIpc) is 2.45. The third-order valence-corrected chi connectivity index (χ3v) is 3.09. The highest BCUT2D eigenvalue weighted by molar-refractivity contribution is 7.80. The molecule has 0 radical (unpaired) electrons. The van der Waals surface area contributed by atoms with Crippen molar-refractivity contribution >= 4 is 28.6 Å². The van der Waals surface area contributed by atoms with Gasteiger partial charge < -0.3 is 5.32 Å². The lowest BCUT2D eigenvalue weighted by Crippen LogP contribution is -2.00. The Morgan fingerprint density at radius 2 is 2.00 bits per heavy atom. The molecule has 1 aliphatic rings. The molecule has 1 N–H and O–H groups in total. The molecule has 16 heavy (non-hydrogen) atoms. The fraction of sp³-hybridized carbons (Fsp3) is 0.0769. The molecule has 0 aliphatic carbocycles. The van der Waals surface area contributed by atoms with E-state index in [1.165, 1.54) is 0 Å². The van der Waals surface area contributed by atoms with Gasteiger partial charge in [-0.05, 0) is 12.1 Å². The van der Waals surface area contributed by atoms with Gasteiger partial charge in [0.15, 0.2) is 0 Å². The van der Waals surface area contributed by atoms with Crippen molar-refractivity contribution < 1.29 is 0 Å². The fourth-order valence-electron chi connectivity index (χ4n) is 1.92. The molecule has 0 unspecified atom stereocenters. The SMILES string of the molecule is S=C1Cc2cccnc2Nc2ccccc21. The molecule has 0 spiro atoms. The summed E-state index contributed by atoms with van der Waals surface area (Å²) in [4.78, 5) is 5.31. The van der Waals surface area contributed by atoms with Crippen molar-refractivity contribution in [2.75, 3.05) is 5.32 Å². The van der Waals surface area contributed by atoms with Gasteiger partial charge in [-0.2, -0.15) is 0 Å². The van der Waals surface area contributed by atoms with E-state index in [1.54, 1.807) is 6.20 Å². The van der Waals surface area contributed by atoms with Crippen molar-refractivity contribution in [1.82, 2.24) is 4.98 Å². The lowest BCUT2D eigenvalue weighted by molar-refractivity contribution is 1.24. The number of benzene rings is 1. The Balaban J connectivity index is 2.18. The number of rotatable bonds is 0. The third-order valence-electron chi connectivity index (χ3n) is 2.72. The Hall–Kier alpha value is -1.74. The first-order chi connectivity index (χ1) is 7.84. The second-order valence-electron chi connectivity index (χ2n) is 3.78. The van der Waals surface area contributed by atoms with Gasteiger partial charge in [0.05, 0.1) is 0 Å². The Kier molecular flexibility index (Phi) is 2.18. The molecule has 3 heteroatoms. The minimum absolute atomic E-state index is 0.780. The number of nitrogens with one attached hydrogen (secondary N) is 1. The van der Waals surface area contributed by atoms with Crippen LogP contribution in [0.2, 0.25) is 0 Å². The number of aromatic nitrogens is 1. The molecule has 2 aromatic rings. The summed E-state index contributed by atoms with van der Waals surface area (Å²) in [6, 6.07) is 12.1. The van der Waals surface area contributed by atoms with Gasteiger partial charge >= 0.3 is 0 Å². The maximum absolute atomic E-state index is 5.46. The van der Waals surface area contributed by atoms with E-state index in [0.717, 1.165) is 33.9 Å². The van der Waals surface area contributed by atoms with Crippen molar-refractivity contribution in [3.63, 3.8) is 0 Å². The summed E-state index contributed by atoms with van der Waals surface area (Å²) in [6.07, 6.45) is 2.57. The van der Waals surface area contributed by atoms with Crippen molar-refractivity contribution in [3.05, 3.63) is 53.7 Å². The van der Waals surface area contributed by atoms with Gasteiger partial charge in [-0.15, -0.1) is 0 Å². The smallest absolute Gasteiger partial charge is 0.133 e. The predicted molar refractivity (Wildman–Crippen MR) is 69.4 cm³/mol. The van der Waals surface area contributed by atoms with Gasteiger partial charge in [-0.25, -0.2) is 4.98 Å². The second kappa shape index (κ2) is 3.68. The summed E-state index contributed by atoms with van der Waals surface area (Å²) in [5, 5.41) is 3.33. The molecule has 0 bridgehead atoms. The number of hydrogen-bond donors (Lipinski definition) is 1. The Labute approximate surface area is 99.3 Å². The first-order valence-electron chi connectivity index (χ1n) is 5.18. The Morgan fingerprint density at radius 3 is 2.94 bits per heavy atom. The molecule has 2 nitrogen and oxygen atoms in total. The molecule has 0 saturated carbocycles. The summed E-state index contributed by atoms with van der Waals surface area (Å²) >= 11 is 5.46. The molecule has 1 aromatic heterocycles. The number of pyridine rings is 1. The monoisotopic (exact) mass is 226 g/mol. The van der Waals surface area contributed by atoms with E-state index in [2.05, 4.69) is 22.4 Å². The Morgan fingerprint density at radius 1 is 1.12 bits per heavy atom. The maximum atomic E-state index is 5.46. The number of nitrogens with zero attached hydrogens (tertiary/aromatic N) is 1.